The highest BCUT2D eigenvalue weighted by atomic mass is 16.3. The molecule has 1 nitrogen and oxygen atoms in total. The van der Waals surface area contributed by atoms with Gasteiger partial charge in [-0.15, -0.1) is 0 Å². The average Bonchev–Trinajstić information content (AvgIpc) is 2.64. The molecule has 0 radical (unpaired) electrons. The van der Waals surface area contributed by atoms with Crippen molar-refractivity contribution >= 4 is 0 Å². The molecule has 1 saturated carbocycles. The summed E-state index contributed by atoms with van der Waals surface area (Å²) >= 11 is 0. The molecule has 74 valence electrons. The molecule has 13 heavy (non-hydrogen) atoms. The van der Waals surface area contributed by atoms with Gasteiger partial charge in [0.2, 0.25) is 0 Å². The van der Waals surface area contributed by atoms with E-state index in [-0.39, 0.29) is 5.41 Å². The number of hydrogen-bond acceptors (Lipinski definition) is 1. The van der Waals surface area contributed by atoms with Crippen LogP contribution in [0.25, 0.3) is 0 Å². The third-order valence-electron chi connectivity index (χ3n) is 3.66. The minimum Gasteiger partial charge on any atom is -0.396 e. The lowest BCUT2D eigenvalue weighted by molar-refractivity contribution is 0.123. The van der Waals surface area contributed by atoms with Crippen LogP contribution in [0.1, 0.15) is 33.1 Å². The Balaban J connectivity index is 1.94. The van der Waals surface area contributed by atoms with Crippen LogP contribution in [0.4, 0.5) is 0 Å². The van der Waals surface area contributed by atoms with Crippen LogP contribution in [0.5, 0.6) is 0 Å². The number of rotatable bonds is 3. The van der Waals surface area contributed by atoms with Crippen LogP contribution in [0.3, 0.4) is 0 Å². The lowest BCUT2D eigenvalue weighted by Gasteiger charge is -2.28. The lowest BCUT2D eigenvalue weighted by atomic mass is 9.78. The fraction of sp³-hybridized carbons (Fsp3) is 0.833. The standard InChI is InChI=1S/C12H20O/c1-12(2,8-13)7-11-6-9-3-4-10(11)5-9/h3-4,9-11,13H,5-8H2,1-2H3. The van der Waals surface area contributed by atoms with Crippen LogP contribution < -0.4 is 0 Å². The zero-order valence-corrected chi connectivity index (χ0v) is 8.66. The van der Waals surface area contributed by atoms with E-state index in [0.717, 1.165) is 17.8 Å². The first kappa shape index (κ1) is 9.26. The van der Waals surface area contributed by atoms with E-state index in [0.29, 0.717) is 6.61 Å². The van der Waals surface area contributed by atoms with Gasteiger partial charge in [-0.1, -0.05) is 26.0 Å². The van der Waals surface area contributed by atoms with Gasteiger partial charge in [-0.05, 0) is 42.4 Å². The average molecular weight is 180 g/mol. The number of aliphatic hydroxyl groups excluding tert-OH is 1. The molecule has 2 rings (SSSR count). The fourth-order valence-electron chi connectivity index (χ4n) is 2.90. The smallest absolute Gasteiger partial charge is 0.0482 e. The molecule has 0 spiro atoms. The van der Waals surface area contributed by atoms with Crippen LogP contribution >= 0.6 is 0 Å². The molecular formula is C12H20O. The molecule has 0 aromatic rings. The summed E-state index contributed by atoms with van der Waals surface area (Å²) in [6.45, 7) is 4.66. The van der Waals surface area contributed by atoms with Crippen molar-refractivity contribution in [1.82, 2.24) is 0 Å². The largest absolute Gasteiger partial charge is 0.396 e. The van der Waals surface area contributed by atoms with Gasteiger partial charge in [0.05, 0.1) is 0 Å². The van der Waals surface area contributed by atoms with E-state index < -0.39 is 0 Å². The summed E-state index contributed by atoms with van der Waals surface area (Å²) in [6, 6.07) is 0. The first-order chi connectivity index (χ1) is 6.11. The highest BCUT2D eigenvalue weighted by Crippen LogP contribution is 2.47. The zero-order valence-electron chi connectivity index (χ0n) is 8.66. The number of allylic oxidation sites excluding steroid dienone is 2. The summed E-state index contributed by atoms with van der Waals surface area (Å²) in [5.41, 5.74) is 0.128. The fourth-order valence-corrected chi connectivity index (χ4v) is 2.90. The molecule has 2 aliphatic rings. The summed E-state index contributed by atoms with van der Waals surface area (Å²) in [7, 11) is 0. The first-order valence-corrected chi connectivity index (χ1v) is 5.40. The molecular weight excluding hydrogens is 160 g/mol. The predicted molar refractivity (Wildman–Crippen MR) is 54.3 cm³/mol. The third kappa shape index (κ3) is 1.80. The Morgan fingerprint density at radius 1 is 1.31 bits per heavy atom. The summed E-state index contributed by atoms with van der Waals surface area (Å²) < 4.78 is 0. The number of hydrogen-bond donors (Lipinski definition) is 1. The number of aliphatic hydroxyl groups is 1. The van der Waals surface area contributed by atoms with Gasteiger partial charge in [0.15, 0.2) is 0 Å². The van der Waals surface area contributed by atoms with Crippen LogP contribution in [-0.4, -0.2) is 11.7 Å². The summed E-state index contributed by atoms with van der Waals surface area (Å²) in [5, 5.41) is 9.21. The molecule has 3 atom stereocenters. The molecule has 0 heterocycles. The van der Waals surface area contributed by atoms with Crippen molar-refractivity contribution in [2.45, 2.75) is 33.1 Å². The highest BCUT2D eigenvalue weighted by molar-refractivity contribution is 5.10. The maximum atomic E-state index is 9.21. The molecule has 0 aliphatic heterocycles. The molecule has 2 aliphatic carbocycles. The molecule has 0 aromatic heterocycles. The van der Waals surface area contributed by atoms with Crippen LogP contribution in [0.15, 0.2) is 12.2 Å². The third-order valence-corrected chi connectivity index (χ3v) is 3.66. The highest BCUT2D eigenvalue weighted by Gasteiger charge is 2.38. The Hall–Kier alpha value is -0.300. The summed E-state index contributed by atoms with van der Waals surface area (Å²) in [4.78, 5) is 0. The van der Waals surface area contributed by atoms with Crippen LogP contribution in [0.2, 0.25) is 0 Å². The van der Waals surface area contributed by atoms with E-state index in [1.807, 2.05) is 0 Å². The second kappa shape index (κ2) is 3.13. The first-order valence-electron chi connectivity index (χ1n) is 5.40. The van der Waals surface area contributed by atoms with E-state index in [4.69, 9.17) is 0 Å². The van der Waals surface area contributed by atoms with Gasteiger partial charge in [0.25, 0.3) is 0 Å². The molecule has 0 amide bonds. The zero-order chi connectivity index (χ0) is 9.47. The van der Waals surface area contributed by atoms with Gasteiger partial charge in [-0.2, -0.15) is 0 Å². The minimum absolute atomic E-state index is 0.128. The second-order valence-electron chi connectivity index (χ2n) is 5.57. The normalized spacial score (nSPS) is 37.3. The topological polar surface area (TPSA) is 20.2 Å². The van der Waals surface area contributed by atoms with Crippen molar-refractivity contribution in [2.75, 3.05) is 6.61 Å². The van der Waals surface area contributed by atoms with E-state index in [1.54, 1.807) is 0 Å². The summed E-state index contributed by atoms with van der Waals surface area (Å²) in [6.07, 6.45) is 8.71. The van der Waals surface area contributed by atoms with Crippen molar-refractivity contribution < 1.29 is 5.11 Å². The molecule has 3 unspecified atom stereocenters. The van der Waals surface area contributed by atoms with E-state index >= 15 is 0 Å². The Morgan fingerprint density at radius 2 is 2.08 bits per heavy atom. The lowest BCUT2D eigenvalue weighted by Crippen LogP contribution is -2.23. The Labute approximate surface area is 80.8 Å². The van der Waals surface area contributed by atoms with Gasteiger partial charge in [-0.25, -0.2) is 0 Å². The molecule has 2 bridgehead atoms. The van der Waals surface area contributed by atoms with Crippen molar-refractivity contribution in [3.05, 3.63) is 12.2 Å². The van der Waals surface area contributed by atoms with Gasteiger partial charge in [-0.3, -0.25) is 0 Å². The van der Waals surface area contributed by atoms with Crippen LogP contribution in [0, 0.1) is 23.2 Å². The van der Waals surface area contributed by atoms with Gasteiger partial charge < -0.3 is 5.11 Å². The second-order valence-corrected chi connectivity index (χ2v) is 5.57. The minimum atomic E-state index is 0.128. The van der Waals surface area contributed by atoms with Crippen LogP contribution in [-0.2, 0) is 0 Å². The van der Waals surface area contributed by atoms with Gasteiger partial charge >= 0.3 is 0 Å². The molecule has 0 saturated heterocycles. The maximum Gasteiger partial charge on any atom is 0.0482 e. The molecule has 1 fully saturated rings. The molecule has 1 heteroatoms. The SMILES string of the molecule is CC(C)(CO)CC1CC2C=CC1C2. The monoisotopic (exact) mass is 180 g/mol. The summed E-state index contributed by atoms with van der Waals surface area (Å²) in [5.74, 6) is 2.54. The number of fused-ring (bicyclic) bond motifs is 2. The van der Waals surface area contributed by atoms with Gasteiger partial charge in [0, 0.05) is 6.61 Å². The van der Waals surface area contributed by atoms with Crippen molar-refractivity contribution in [3.8, 4) is 0 Å². The quantitative estimate of drug-likeness (QED) is 0.662. The predicted octanol–water partition coefficient (Wildman–Crippen LogP) is 2.61. The Morgan fingerprint density at radius 3 is 2.54 bits per heavy atom. The van der Waals surface area contributed by atoms with Crippen molar-refractivity contribution in [2.24, 2.45) is 23.2 Å². The molecule has 1 N–H and O–H groups in total. The van der Waals surface area contributed by atoms with E-state index in [9.17, 15) is 5.11 Å². The van der Waals surface area contributed by atoms with E-state index in [2.05, 4.69) is 26.0 Å². The Bertz CT molecular complexity index is 217. The van der Waals surface area contributed by atoms with Crippen molar-refractivity contribution in [1.29, 1.82) is 0 Å². The molecule has 0 aromatic carbocycles. The Kier molecular flexibility index (Phi) is 2.23. The maximum absolute atomic E-state index is 9.21. The van der Waals surface area contributed by atoms with Gasteiger partial charge in [0.1, 0.15) is 0 Å². The van der Waals surface area contributed by atoms with Crippen molar-refractivity contribution in [3.63, 3.8) is 0 Å². The van der Waals surface area contributed by atoms with E-state index in [1.165, 1.54) is 19.3 Å².